The summed E-state index contributed by atoms with van der Waals surface area (Å²) < 4.78 is 9.75. The Morgan fingerprint density at radius 1 is 1.38 bits per heavy atom. The van der Waals surface area contributed by atoms with Gasteiger partial charge in [0.15, 0.2) is 0 Å². The molecular weight excluding hydrogens is 230 g/mol. The van der Waals surface area contributed by atoms with E-state index in [1.165, 1.54) is 7.11 Å². The third-order valence-corrected chi connectivity index (χ3v) is 1.91. The van der Waals surface area contributed by atoms with Gasteiger partial charge < -0.3 is 15.2 Å². The highest BCUT2D eigenvalue weighted by atomic mass is 35.5. The van der Waals surface area contributed by atoms with Crippen molar-refractivity contribution < 1.29 is 14.3 Å². The molecule has 1 rings (SSSR count). The van der Waals surface area contributed by atoms with Crippen molar-refractivity contribution in [1.82, 2.24) is 0 Å². The van der Waals surface area contributed by atoms with E-state index >= 15 is 0 Å². The average Bonchev–Trinajstić information content (AvgIpc) is 2.29. The van der Waals surface area contributed by atoms with Crippen molar-refractivity contribution >= 4 is 18.4 Å². The van der Waals surface area contributed by atoms with Crippen LogP contribution in [0.1, 0.15) is 5.56 Å². The van der Waals surface area contributed by atoms with Gasteiger partial charge in [-0.3, -0.25) is 4.79 Å². The first-order valence-electron chi connectivity index (χ1n) is 4.69. The molecule has 5 heteroatoms. The first-order valence-corrected chi connectivity index (χ1v) is 4.69. The molecule has 0 aliphatic heterocycles. The SMILES string of the molecule is COC(=O)C(N)COCc1ccccc1.Cl. The van der Waals surface area contributed by atoms with Gasteiger partial charge in [0.05, 0.1) is 20.3 Å². The number of methoxy groups -OCH3 is 1. The third-order valence-electron chi connectivity index (χ3n) is 1.91. The molecule has 1 aromatic rings. The molecule has 1 aromatic carbocycles. The van der Waals surface area contributed by atoms with Crippen LogP contribution in [0.4, 0.5) is 0 Å². The van der Waals surface area contributed by atoms with Crippen LogP contribution in [0, 0.1) is 0 Å². The van der Waals surface area contributed by atoms with E-state index in [-0.39, 0.29) is 19.0 Å². The number of carbonyl (C=O) groups is 1. The number of ether oxygens (including phenoxy) is 2. The molecule has 0 aliphatic carbocycles. The lowest BCUT2D eigenvalue weighted by Gasteiger charge is -2.09. The zero-order valence-corrected chi connectivity index (χ0v) is 9.91. The summed E-state index contributed by atoms with van der Waals surface area (Å²) in [6.07, 6.45) is 0. The molecule has 4 nitrogen and oxygen atoms in total. The lowest BCUT2D eigenvalue weighted by atomic mass is 10.2. The van der Waals surface area contributed by atoms with Crippen molar-refractivity contribution in [3.63, 3.8) is 0 Å². The van der Waals surface area contributed by atoms with Crippen molar-refractivity contribution in [3.05, 3.63) is 35.9 Å². The van der Waals surface area contributed by atoms with E-state index in [4.69, 9.17) is 10.5 Å². The van der Waals surface area contributed by atoms with Crippen molar-refractivity contribution in [3.8, 4) is 0 Å². The number of benzene rings is 1. The molecule has 1 unspecified atom stereocenters. The zero-order valence-electron chi connectivity index (χ0n) is 9.09. The maximum absolute atomic E-state index is 10.9. The molecule has 0 heterocycles. The first-order chi connectivity index (χ1) is 7.24. The van der Waals surface area contributed by atoms with Gasteiger partial charge in [-0.25, -0.2) is 0 Å². The van der Waals surface area contributed by atoms with Crippen molar-refractivity contribution in [2.75, 3.05) is 13.7 Å². The van der Waals surface area contributed by atoms with Gasteiger partial charge in [0.2, 0.25) is 0 Å². The molecule has 90 valence electrons. The smallest absolute Gasteiger partial charge is 0.325 e. The molecule has 1 atom stereocenters. The van der Waals surface area contributed by atoms with Crippen LogP contribution in [-0.2, 0) is 20.9 Å². The number of rotatable bonds is 5. The monoisotopic (exact) mass is 245 g/mol. The topological polar surface area (TPSA) is 61.5 Å². The van der Waals surface area contributed by atoms with E-state index in [9.17, 15) is 4.79 Å². The molecule has 0 aromatic heterocycles. The normalized spacial score (nSPS) is 11.4. The summed E-state index contributed by atoms with van der Waals surface area (Å²) in [5, 5.41) is 0. The van der Waals surface area contributed by atoms with Gasteiger partial charge in [-0.15, -0.1) is 12.4 Å². The maximum atomic E-state index is 10.9. The number of hydrogen-bond donors (Lipinski definition) is 1. The van der Waals surface area contributed by atoms with E-state index in [0.29, 0.717) is 6.61 Å². The number of carbonyl (C=O) groups excluding carboxylic acids is 1. The van der Waals surface area contributed by atoms with Crippen LogP contribution in [0.3, 0.4) is 0 Å². The maximum Gasteiger partial charge on any atom is 0.325 e. The molecule has 0 saturated carbocycles. The molecule has 0 aliphatic rings. The van der Waals surface area contributed by atoms with Gasteiger partial charge in [-0.2, -0.15) is 0 Å². The Kier molecular flexibility index (Phi) is 7.54. The summed E-state index contributed by atoms with van der Waals surface area (Å²) in [4.78, 5) is 10.9. The van der Waals surface area contributed by atoms with Gasteiger partial charge in [0.25, 0.3) is 0 Å². The highest BCUT2D eigenvalue weighted by Gasteiger charge is 2.13. The second-order valence-electron chi connectivity index (χ2n) is 3.13. The minimum Gasteiger partial charge on any atom is -0.468 e. The van der Waals surface area contributed by atoms with Crippen LogP contribution in [0.2, 0.25) is 0 Å². The summed E-state index contributed by atoms with van der Waals surface area (Å²) in [7, 11) is 1.30. The molecule has 0 saturated heterocycles. The summed E-state index contributed by atoms with van der Waals surface area (Å²) >= 11 is 0. The quantitative estimate of drug-likeness (QED) is 0.790. The molecular formula is C11H16ClNO3. The second-order valence-corrected chi connectivity index (χ2v) is 3.13. The highest BCUT2D eigenvalue weighted by molar-refractivity contribution is 5.85. The summed E-state index contributed by atoms with van der Waals surface area (Å²) in [6, 6.07) is 8.98. The van der Waals surface area contributed by atoms with Crippen molar-refractivity contribution in [2.45, 2.75) is 12.6 Å². The van der Waals surface area contributed by atoms with E-state index < -0.39 is 12.0 Å². The number of esters is 1. The minimum atomic E-state index is -0.710. The fourth-order valence-electron chi connectivity index (χ4n) is 1.10. The Morgan fingerprint density at radius 2 is 2.00 bits per heavy atom. The van der Waals surface area contributed by atoms with Gasteiger partial charge in [-0.1, -0.05) is 30.3 Å². The third kappa shape index (κ3) is 5.11. The van der Waals surface area contributed by atoms with E-state index in [0.717, 1.165) is 5.56 Å². The Bertz CT molecular complexity index is 305. The Morgan fingerprint density at radius 3 is 2.56 bits per heavy atom. The van der Waals surface area contributed by atoms with Gasteiger partial charge in [-0.05, 0) is 5.56 Å². The minimum absolute atomic E-state index is 0. The van der Waals surface area contributed by atoms with Gasteiger partial charge in [0, 0.05) is 0 Å². The Hall–Kier alpha value is -1.10. The number of hydrogen-bond acceptors (Lipinski definition) is 4. The van der Waals surface area contributed by atoms with Gasteiger partial charge in [0.1, 0.15) is 6.04 Å². The molecule has 0 radical (unpaired) electrons. The molecule has 16 heavy (non-hydrogen) atoms. The van der Waals surface area contributed by atoms with Crippen molar-refractivity contribution in [1.29, 1.82) is 0 Å². The van der Waals surface area contributed by atoms with E-state index in [2.05, 4.69) is 4.74 Å². The highest BCUT2D eigenvalue weighted by Crippen LogP contribution is 2.00. The van der Waals surface area contributed by atoms with E-state index in [1.807, 2.05) is 30.3 Å². The van der Waals surface area contributed by atoms with Crippen LogP contribution in [0.15, 0.2) is 30.3 Å². The Balaban J connectivity index is 0.00000225. The number of nitrogens with two attached hydrogens (primary N) is 1. The fourth-order valence-corrected chi connectivity index (χ4v) is 1.10. The van der Waals surface area contributed by atoms with Crippen LogP contribution >= 0.6 is 12.4 Å². The number of halogens is 1. The fraction of sp³-hybridized carbons (Fsp3) is 0.364. The molecule has 0 spiro atoms. The van der Waals surface area contributed by atoms with Crippen molar-refractivity contribution in [2.24, 2.45) is 5.73 Å². The molecule has 0 fully saturated rings. The largest absolute Gasteiger partial charge is 0.468 e. The second kappa shape index (κ2) is 8.10. The molecule has 2 N–H and O–H groups in total. The summed E-state index contributed by atoms with van der Waals surface area (Å²) in [5.41, 5.74) is 6.54. The van der Waals surface area contributed by atoms with Crippen LogP contribution < -0.4 is 5.73 Å². The molecule has 0 amide bonds. The first kappa shape index (κ1) is 14.9. The standard InChI is InChI=1S/C11H15NO3.ClH/c1-14-11(13)10(12)8-15-7-9-5-3-2-4-6-9;/h2-6,10H,7-8,12H2,1H3;1H. The molecule has 0 bridgehead atoms. The van der Waals surface area contributed by atoms with Crippen LogP contribution in [0.5, 0.6) is 0 Å². The predicted octanol–water partition coefficient (Wildman–Crippen LogP) is 1.13. The van der Waals surface area contributed by atoms with Crippen LogP contribution in [0.25, 0.3) is 0 Å². The summed E-state index contributed by atoms with van der Waals surface area (Å²) in [5.74, 6) is -0.455. The van der Waals surface area contributed by atoms with Gasteiger partial charge >= 0.3 is 5.97 Å². The van der Waals surface area contributed by atoms with Crippen LogP contribution in [-0.4, -0.2) is 25.7 Å². The zero-order chi connectivity index (χ0) is 11.1. The lowest BCUT2D eigenvalue weighted by molar-refractivity contribution is -0.143. The van der Waals surface area contributed by atoms with E-state index in [1.54, 1.807) is 0 Å². The average molecular weight is 246 g/mol. The lowest BCUT2D eigenvalue weighted by Crippen LogP contribution is -2.36. The Labute approximate surface area is 101 Å². The predicted molar refractivity (Wildman–Crippen MR) is 63.3 cm³/mol. The summed E-state index contributed by atoms with van der Waals surface area (Å²) in [6.45, 7) is 0.618.